The van der Waals surface area contributed by atoms with Crippen molar-refractivity contribution in [2.75, 3.05) is 13.7 Å². The average molecular weight is 267 g/mol. The van der Waals surface area contributed by atoms with E-state index in [0.717, 1.165) is 5.56 Å². The van der Waals surface area contributed by atoms with Gasteiger partial charge in [-0.15, -0.1) is 0 Å². The molecule has 3 nitrogen and oxygen atoms in total. The molecule has 18 heavy (non-hydrogen) atoms. The Morgan fingerprint density at radius 3 is 2.67 bits per heavy atom. The summed E-state index contributed by atoms with van der Waals surface area (Å²) < 4.78 is 5.18. The highest BCUT2D eigenvalue weighted by Gasteiger charge is 2.13. The molecule has 0 fully saturated rings. The van der Waals surface area contributed by atoms with Gasteiger partial charge in [0.05, 0.1) is 18.2 Å². The number of ether oxygens (including phenoxy) is 1. The minimum Gasteiger partial charge on any atom is -0.383 e. The van der Waals surface area contributed by atoms with Crippen LogP contribution in [0, 0.1) is 17.2 Å². The predicted molar refractivity (Wildman–Crippen MR) is 73.5 cm³/mol. The zero-order valence-corrected chi connectivity index (χ0v) is 11.8. The first kappa shape index (κ1) is 15.0. The third-order valence-corrected chi connectivity index (χ3v) is 3.24. The van der Waals surface area contributed by atoms with Crippen LogP contribution in [0.4, 0.5) is 0 Å². The number of benzene rings is 1. The molecule has 4 heteroatoms. The van der Waals surface area contributed by atoms with Crippen molar-refractivity contribution in [3.05, 3.63) is 34.3 Å². The van der Waals surface area contributed by atoms with E-state index in [0.29, 0.717) is 35.7 Å². The molecule has 1 rings (SSSR count). The van der Waals surface area contributed by atoms with Gasteiger partial charge in [0.2, 0.25) is 0 Å². The number of hydrogen-bond donors (Lipinski definition) is 1. The maximum Gasteiger partial charge on any atom is 0.0992 e. The van der Waals surface area contributed by atoms with Crippen molar-refractivity contribution in [1.29, 1.82) is 5.26 Å². The van der Waals surface area contributed by atoms with Gasteiger partial charge >= 0.3 is 0 Å². The molecule has 0 bridgehead atoms. The van der Waals surface area contributed by atoms with E-state index in [2.05, 4.69) is 25.2 Å². The van der Waals surface area contributed by atoms with E-state index in [1.54, 1.807) is 19.2 Å². The van der Waals surface area contributed by atoms with Gasteiger partial charge in [-0.05, 0) is 23.6 Å². The molecule has 1 unspecified atom stereocenters. The maximum absolute atomic E-state index is 8.77. The fraction of sp³-hybridized carbons (Fsp3) is 0.500. The highest BCUT2D eigenvalue weighted by molar-refractivity contribution is 6.31. The van der Waals surface area contributed by atoms with Crippen molar-refractivity contribution in [3.8, 4) is 6.07 Å². The number of methoxy groups -OCH3 is 1. The topological polar surface area (TPSA) is 45.0 Å². The van der Waals surface area contributed by atoms with Crippen molar-refractivity contribution in [1.82, 2.24) is 5.32 Å². The number of nitriles is 1. The number of nitrogens with one attached hydrogen (secondary N) is 1. The van der Waals surface area contributed by atoms with E-state index >= 15 is 0 Å². The van der Waals surface area contributed by atoms with Gasteiger partial charge < -0.3 is 10.1 Å². The summed E-state index contributed by atoms with van der Waals surface area (Å²) in [7, 11) is 1.70. The molecule has 0 aromatic heterocycles. The van der Waals surface area contributed by atoms with E-state index in [4.69, 9.17) is 21.6 Å². The molecule has 0 saturated carbocycles. The maximum atomic E-state index is 8.77. The van der Waals surface area contributed by atoms with Gasteiger partial charge in [-0.1, -0.05) is 31.5 Å². The highest BCUT2D eigenvalue weighted by atomic mass is 35.5. The Kier molecular flexibility index (Phi) is 6.14. The second-order valence-electron chi connectivity index (χ2n) is 4.60. The Hall–Kier alpha value is -1.08. The molecule has 0 aliphatic rings. The average Bonchev–Trinajstić information content (AvgIpc) is 2.35. The van der Waals surface area contributed by atoms with Gasteiger partial charge in [0.1, 0.15) is 0 Å². The van der Waals surface area contributed by atoms with Crippen LogP contribution in [0.5, 0.6) is 0 Å². The molecule has 1 N–H and O–H groups in total. The van der Waals surface area contributed by atoms with Crippen molar-refractivity contribution < 1.29 is 4.74 Å². The molecular formula is C14H19ClN2O. The van der Waals surface area contributed by atoms with Crippen LogP contribution in [-0.4, -0.2) is 19.8 Å². The summed E-state index contributed by atoms with van der Waals surface area (Å²) in [5.74, 6) is 0.488. The fourth-order valence-electron chi connectivity index (χ4n) is 1.67. The van der Waals surface area contributed by atoms with Gasteiger partial charge in [0.15, 0.2) is 0 Å². The lowest BCUT2D eigenvalue weighted by atomic mass is 10.0. The predicted octanol–water partition coefficient (Wildman–Crippen LogP) is 2.97. The smallest absolute Gasteiger partial charge is 0.0992 e. The number of rotatable bonds is 6. The monoisotopic (exact) mass is 266 g/mol. The highest BCUT2D eigenvalue weighted by Crippen LogP contribution is 2.18. The molecule has 0 heterocycles. The Labute approximate surface area is 114 Å². The summed E-state index contributed by atoms with van der Waals surface area (Å²) in [6, 6.07) is 7.73. The van der Waals surface area contributed by atoms with Gasteiger partial charge in [0.25, 0.3) is 0 Å². The van der Waals surface area contributed by atoms with Gasteiger partial charge in [-0.25, -0.2) is 0 Å². The van der Waals surface area contributed by atoms with Crippen LogP contribution in [0.2, 0.25) is 5.02 Å². The fourth-order valence-corrected chi connectivity index (χ4v) is 1.92. The SMILES string of the molecule is COCC(NCc1ccc(C#N)cc1Cl)C(C)C. The molecule has 0 radical (unpaired) electrons. The molecule has 0 saturated heterocycles. The minimum absolute atomic E-state index is 0.293. The van der Waals surface area contributed by atoms with Crippen LogP contribution >= 0.6 is 11.6 Å². The van der Waals surface area contributed by atoms with Crippen molar-refractivity contribution in [2.45, 2.75) is 26.4 Å². The largest absolute Gasteiger partial charge is 0.383 e. The van der Waals surface area contributed by atoms with Crippen LogP contribution in [0.1, 0.15) is 25.0 Å². The normalized spacial score (nSPS) is 12.4. The summed E-state index contributed by atoms with van der Waals surface area (Å²) in [6.07, 6.45) is 0. The zero-order valence-electron chi connectivity index (χ0n) is 11.0. The molecular weight excluding hydrogens is 248 g/mol. The molecule has 0 spiro atoms. The minimum atomic E-state index is 0.293. The lowest BCUT2D eigenvalue weighted by Gasteiger charge is -2.21. The Balaban J connectivity index is 2.65. The molecule has 1 atom stereocenters. The second-order valence-corrected chi connectivity index (χ2v) is 5.01. The summed E-state index contributed by atoms with van der Waals surface area (Å²) in [5, 5.41) is 12.8. The third kappa shape index (κ3) is 4.30. The van der Waals surface area contributed by atoms with Gasteiger partial charge in [0, 0.05) is 24.7 Å². The van der Waals surface area contributed by atoms with Crippen LogP contribution < -0.4 is 5.32 Å². The lowest BCUT2D eigenvalue weighted by molar-refractivity contribution is 0.146. The Morgan fingerprint density at radius 1 is 1.44 bits per heavy atom. The van der Waals surface area contributed by atoms with E-state index < -0.39 is 0 Å². The molecule has 0 aliphatic carbocycles. The van der Waals surface area contributed by atoms with Crippen LogP contribution in [-0.2, 0) is 11.3 Å². The van der Waals surface area contributed by atoms with Gasteiger partial charge in [-0.2, -0.15) is 5.26 Å². The van der Waals surface area contributed by atoms with Crippen LogP contribution in [0.15, 0.2) is 18.2 Å². The first-order valence-corrected chi connectivity index (χ1v) is 6.37. The van der Waals surface area contributed by atoms with Crippen LogP contribution in [0.3, 0.4) is 0 Å². The molecule has 0 aliphatic heterocycles. The summed E-state index contributed by atoms with van der Waals surface area (Å²) >= 11 is 6.13. The molecule has 0 amide bonds. The number of nitrogens with zero attached hydrogens (tertiary/aromatic N) is 1. The van der Waals surface area contributed by atoms with Crippen molar-refractivity contribution >= 4 is 11.6 Å². The summed E-state index contributed by atoms with van der Waals surface area (Å²) in [6.45, 7) is 5.65. The van der Waals surface area contributed by atoms with E-state index in [1.807, 2.05) is 6.07 Å². The van der Waals surface area contributed by atoms with E-state index in [1.165, 1.54) is 0 Å². The molecule has 98 valence electrons. The number of halogens is 1. The standard InChI is InChI=1S/C14H19ClN2O/c1-10(2)14(9-18-3)17-8-12-5-4-11(7-16)6-13(12)15/h4-6,10,14,17H,8-9H2,1-3H3. The summed E-state index contributed by atoms with van der Waals surface area (Å²) in [5.41, 5.74) is 1.58. The molecule has 1 aromatic carbocycles. The molecule has 1 aromatic rings. The first-order chi connectivity index (χ1) is 8.58. The Bertz CT molecular complexity index is 426. The van der Waals surface area contributed by atoms with Crippen molar-refractivity contribution in [2.24, 2.45) is 5.92 Å². The lowest BCUT2D eigenvalue weighted by Crippen LogP contribution is -2.37. The van der Waals surface area contributed by atoms with Crippen molar-refractivity contribution in [3.63, 3.8) is 0 Å². The Morgan fingerprint density at radius 2 is 2.17 bits per heavy atom. The summed E-state index contributed by atoms with van der Waals surface area (Å²) in [4.78, 5) is 0. The quantitative estimate of drug-likeness (QED) is 0.861. The third-order valence-electron chi connectivity index (χ3n) is 2.89. The van der Waals surface area contributed by atoms with Crippen LogP contribution in [0.25, 0.3) is 0 Å². The van der Waals surface area contributed by atoms with E-state index in [9.17, 15) is 0 Å². The van der Waals surface area contributed by atoms with Gasteiger partial charge in [-0.3, -0.25) is 0 Å². The van der Waals surface area contributed by atoms with E-state index in [-0.39, 0.29) is 0 Å². The second kappa shape index (κ2) is 7.38. The zero-order chi connectivity index (χ0) is 13.5. The number of hydrogen-bond acceptors (Lipinski definition) is 3. The first-order valence-electron chi connectivity index (χ1n) is 5.99.